The summed E-state index contributed by atoms with van der Waals surface area (Å²) < 4.78 is 13.4. The van der Waals surface area contributed by atoms with Gasteiger partial charge in [-0.15, -0.1) is 0 Å². The van der Waals surface area contributed by atoms with Crippen LogP contribution in [0.15, 0.2) is 22.7 Å². The molecule has 0 spiro atoms. The third-order valence-electron chi connectivity index (χ3n) is 2.29. The monoisotopic (exact) mass is 275 g/mol. The van der Waals surface area contributed by atoms with Crippen LogP contribution in [-0.2, 0) is 6.54 Å². The summed E-state index contributed by atoms with van der Waals surface area (Å²) in [4.78, 5) is 0. The Balaban J connectivity index is 2.54. The third kappa shape index (κ3) is 3.89. The first-order valence-corrected chi connectivity index (χ1v) is 5.74. The van der Waals surface area contributed by atoms with E-state index in [0.717, 1.165) is 12.0 Å². The van der Waals surface area contributed by atoms with Crippen LogP contribution in [0.25, 0.3) is 0 Å². The summed E-state index contributed by atoms with van der Waals surface area (Å²) in [5.41, 5.74) is 0.996. The molecule has 15 heavy (non-hydrogen) atoms. The maximum atomic E-state index is 12.9. The zero-order valence-corrected chi connectivity index (χ0v) is 10.2. The molecule has 0 aromatic heterocycles. The van der Waals surface area contributed by atoms with E-state index in [2.05, 4.69) is 21.2 Å². The molecule has 0 aliphatic heterocycles. The summed E-state index contributed by atoms with van der Waals surface area (Å²) in [6.45, 7) is 2.77. The molecule has 1 rings (SSSR count). The summed E-state index contributed by atoms with van der Waals surface area (Å²) in [5.74, 6) is -0.257. The van der Waals surface area contributed by atoms with Crippen molar-refractivity contribution in [1.29, 1.82) is 0 Å². The second-order valence-electron chi connectivity index (χ2n) is 3.42. The van der Waals surface area contributed by atoms with E-state index in [1.54, 1.807) is 12.1 Å². The zero-order chi connectivity index (χ0) is 11.3. The Kier molecular flexibility index (Phi) is 5.22. The average Bonchev–Trinajstić information content (AvgIpc) is 2.24. The second-order valence-corrected chi connectivity index (χ2v) is 4.27. The van der Waals surface area contributed by atoms with Gasteiger partial charge in [0.25, 0.3) is 0 Å². The van der Waals surface area contributed by atoms with Gasteiger partial charge in [0.2, 0.25) is 0 Å². The lowest BCUT2D eigenvalue weighted by Gasteiger charge is -2.13. The molecule has 0 amide bonds. The fourth-order valence-corrected chi connectivity index (χ4v) is 1.68. The Morgan fingerprint density at radius 1 is 1.53 bits per heavy atom. The molecule has 4 heteroatoms. The number of rotatable bonds is 5. The molecule has 0 saturated carbocycles. The highest BCUT2D eigenvalue weighted by Crippen LogP contribution is 2.16. The van der Waals surface area contributed by atoms with Gasteiger partial charge < -0.3 is 10.4 Å². The smallest absolute Gasteiger partial charge is 0.137 e. The van der Waals surface area contributed by atoms with Crippen molar-refractivity contribution >= 4 is 15.9 Å². The van der Waals surface area contributed by atoms with Crippen molar-refractivity contribution < 1.29 is 9.50 Å². The molecule has 0 aliphatic rings. The van der Waals surface area contributed by atoms with Crippen LogP contribution in [0.2, 0.25) is 0 Å². The van der Waals surface area contributed by atoms with E-state index >= 15 is 0 Å². The minimum Gasteiger partial charge on any atom is -0.395 e. The van der Waals surface area contributed by atoms with E-state index < -0.39 is 0 Å². The molecule has 0 heterocycles. The van der Waals surface area contributed by atoms with Crippen molar-refractivity contribution in [3.63, 3.8) is 0 Å². The second kappa shape index (κ2) is 6.20. The van der Waals surface area contributed by atoms with Crippen LogP contribution < -0.4 is 5.32 Å². The summed E-state index contributed by atoms with van der Waals surface area (Å²) in [5, 5.41) is 12.2. The standard InChI is InChI=1S/C11H15BrFNO/c1-2-9(7-15)14-6-8-3-4-11(13)10(12)5-8/h3-5,9,14-15H,2,6-7H2,1H3/t9-/m0/s1. The van der Waals surface area contributed by atoms with Crippen LogP contribution in [0.5, 0.6) is 0 Å². The molecule has 2 N–H and O–H groups in total. The number of hydrogen-bond donors (Lipinski definition) is 2. The molecule has 1 aromatic rings. The molecule has 1 aromatic carbocycles. The Morgan fingerprint density at radius 2 is 2.27 bits per heavy atom. The van der Waals surface area contributed by atoms with Crippen molar-refractivity contribution in [3.8, 4) is 0 Å². The van der Waals surface area contributed by atoms with Gasteiger partial charge >= 0.3 is 0 Å². The first-order chi connectivity index (χ1) is 7.17. The van der Waals surface area contributed by atoms with Gasteiger partial charge in [-0.1, -0.05) is 13.0 Å². The topological polar surface area (TPSA) is 32.3 Å². The van der Waals surface area contributed by atoms with Gasteiger partial charge in [0.15, 0.2) is 0 Å². The van der Waals surface area contributed by atoms with E-state index in [9.17, 15) is 4.39 Å². The number of nitrogens with one attached hydrogen (secondary N) is 1. The van der Waals surface area contributed by atoms with Gasteiger partial charge in [-0.25, -0.2) is 4.39 Å². The van der Waals surface area contributed by atoms with Gasteiger partial charge in [0.05, 0.1) is 11.1 Å². The first-order valence-electron chi connectivity index (χ1n) is 4.95. The highest BCUT2D eigenvalue weighted by molar-refractivity contribution is 9.10. The molecular weight excluding hydrogens is 261 g/mol. The van der Waals surface area contributed by atoms with E-state index in [0.29, 0.717) is 11.0 Å². The Labute approximate surface area is 97.6 Å². The van der Waals surface area contributed by atoms with E-state index in [1.165, 1.54) is 6.07 Å². The van der Waals surface area contributed by atoms with Gasteiger partial charge in [-0.2, -0.15) is 0 Å². The Hall–Kier alpha value is -0.450. The first kappa shape index (κ1) is 12.6. The molecule has 0 fully saturated rings. The van der Waals surface area contributed by atoms with Crippen molar-refractivity contribution in [3.05, 3.63) is 34.1 Å². The minimum atomic E-state index is -0.257. The highest BCUT2D eigenvalue weighted by atomic mass is 79.9. The minimum absolute atomic E-state index is 0.105. The lowest BCUT2D eigenvalue weighted by molar-refractivity contribution is 0.238. The Bertz CT molecular complexity index is 315. The fourth-order valence-electron chi connectivity index (χ4n) is 1.25. The lowest BCUT2D eigenvalue weighted by Crippen LogP contribution is -2.31. The predicted molar refractivity (Wildman–Crippen MR) is 62.1 cm³/mol. The van der Waals surface area contributed by atoms with Crippen LogP contribution in [-0.4, -0.2) is 17.8 Å². The summed E-state index contributed by atoms with van der Waals surface area (Å²) >= 11 is 3.14. The third-order valence-corrected chi connectivity index (χ3v) is 2.90. The molecule has 0 bridgehead atoms. The lowest BCUT2D eigenvalue weighted by atomic mass is 10.2. The molecule has 1 atom stereocenters. The molecule has 0 unspecified atom stereocenters. The van der Waals surface area contributed by atoms with E-state index in [-0.39, 0.29) is 18.5 Å². The van der Waals surface area contributed by atoms with Crippen molar-refractivity contribution in [2.45, 2.75) is 25.9 Å². The van der Waals surface area contributed by atoms with Gasteiger partial charge in [0, 0.05) is 12.6 Å². The van der Waals surface area contributed by atoms with Gasteiger partial charge in [0.1, 0.15) is 5.82 Å². The maximum absolute atomic E-state index is 12.9. The molecule has 0 radical (unpaired) electrons. The molecule has 84 valence electrons. The van der Waals surface area contributed by atoms with Crippen LogP contribution >= 0.6 is 15.9 Å². The zero-order valence-electron chi connectivity index (χ0n) is 8.63. The predicted octanol–water partition coefficient (Wildman–Crippen LogP) is 2.45. The number of halogens is 2. The Morgan fingerprint density at radius 3 is 2.80 bits per heavy atom. The molecule has 2 nitrogen and oxygen atoms in total. The van der Waals surface area contributed by atoms with Gasteiger partial charge in [-0.05, 0) is 40.0 Å². The largest absolute Gasteiger partial charge is 0.395 e. The van der Waals surface area contributed by atoms with Crippen LogP contribution in [0, 0.1) is 5.82 Å². The molecule has 0 saturated heterocycles. The van der Waals surface area contributed by atoms with E-state index in [1.807, 2.05) is 6.92 Å². The van der Waals surface area contributed by atoms with Crippen LogP contribution in [0.1, 0.15) is 18.9 Å². The maximum Gasteiger partial charge on any atom is 0.137 e. The number of benzene rings is 1. The SMILES string of the molecule is CC[C@@H](CO)NCc1ccc(F)c(Br)c1. The number of aliphatic hydroxyl groups excluding tert-OH is 1. The average molecular weight is 276 g/mol. The number of aliphatic hydroxyl groups is 1. The van der Waals surface area contributed by atoms with Crippen molar-refractivity contribution in [2.75, 3.05) is 6.61 Å². The number of hydrogen-bond acceptors (Lipinski definition) is 2. The van der Waals surface area contributed by atoms with Crippen molar-refractivity contribution in [1.82, 2.24) is 5.32 Å². The van der Waals surface area contributed by atoms with Crippen LogP contribution in [0.3, 0.4) is 0 Å². The fraction of sp³-hybridized carbons (Fsp3) is 0.455. The normalized spacial score (nSPS) is 12.8. The van der Waals surface area contributed by atoms with Crippen LogP contribution in [0.4, 0.5) is 4.39 Å². The van der Waals surface area contributed by atoms with Gasteiger partial charge in [-0.3, -0.25) is 0 Å². The van der Waals surface area contributed by atoms with E-state index in [4.69, 9.17) is 5.11 Å². The quantitative estimate of drug-likeness (QED) is 0.865. The molecular formula is C11H15BrFNO. The highest BCUT2D eigenvalue weighted by Gasteiger charge is 2.04. The summed E-state index contributed by atoms with van der Waals surface area (Å²) in [7, 11) is 0. The summed E-state index contributed by atoms with van der Waals surface area (Å²) in [6, 6.07) is 5.01. The summed E-state index contributed by atoms with van der Waals surface area (Å²) in [6.07, 6.45) is 0.874. The molecule has 0 aliphatic carbocycles. The van der Waals surface area contributed by atoms with Crippen molar-refractivity contribution in [2.24, 2.45) is 0 Å².